The number of piperazine rings is 1. The molecule has 2 aromatic heterocycles. The number of hydrogen-bond donors (Lipinski definition) is 2. The molecule has 1 saturated heterocycles. The van der Waals surface area contributed by atoms with E-state index in [1.165, 1.54) is 0 Å². The molecule has 2 aromatic carbocycles. The first-order valence-electron chi connectivity index (χ1n) is 10.7. The van der Waals surface area contributed by atoms with Crippen molar-refractivity contribution in [3.05, 3.63) is 66.4 Å². The summed E-state index contributed by atoms with van der Waals surface area (Å²) in [6.07, 6.45) is 1.59. The van der Waals surface area contributed by atoms with Gasteiger partial charge in [0.15, 0.2) is 11.5 Å². The van der Waals surface area contributed by atoms with Gasteiger partial charge in [-0.1, -0.05) is 30.3 Å². The molecule has 1 aliphatic heterocycles. The van der Waals surface area contributed by atoms with E-state index in [-0.39, 0.29) is 26.5 Å². The van der Waals surface area contributed by atoms with Crippen molar-refractivity contribution in [3.63, 3.8) is 0 Å². The Bertz CT molecular complexity index is 1280. The Labute approximate surface area is 193 Å². The lowest BCUT2D eigenvalue weighted by molar-refractivity contribution is 0.0709. The van der Waals surface area contributed by atoms with E-state index in [1.54, 1.807) is 6.20 Å². The maximum atomic E-state index is 12.8. The lowest BCUT2D eigenvalue weighted by atomic mass is 10.1. The van der Waals surface area contributed by atoms with Gasteiger partial charge in [-0.3, -0.25) is 4.79 Å². The molecular formula is C24H27N7O2. The number of rotatable bonds is 4. The Hall–Kier alpha value is -4.11. The normalized spacial score (nSPS) is 16.0. The number of benzene rings is 2. The van der Waals surface area contributed by atoms with Gasteiger partial charge in [-0.2, -0.15) is 0 Å². The highest BCUT2D eigenvalue weighted by atomic mass is 16.4. The maximum Gasteiger partial charge on any atom is 0.270 e. The number of carbonyl (C=O) groups excluding carboxylic acids is 1. The Morgan fingerprint density at radius 2 is 1.85 bits per heavy atom. The first-order valence-corrected chi connectivity index (χ1v) is 10.7. The molecule has 170 valence electrons. The number of anilines is 1. The van der Waals surface area contributed by atoms with Gasteiger partial charge >= 0.3 is 0 Å². The van der Waals surface area contributed by atoms with Crippen molar-refractivity contribution >= 4 is 11.7 Å². The molecule has 1 aliphatic rings. The zero-order valence-electron chi connectivity index (χ0n) is 18.1. The van der Waals surface area contributed by atoms with Gasteiger partial charge in [0.2, 0.25) is 5.89 Å². The fourth-order valence-electron chi connectivity index (χ4n) is 3.79. The van der Waals surface area contributed by atoms with Gasteiger partial charge < -0.3 is 20.4 Å². The van der Waals surface area contributed by atoms with Crippen LogP contribution in [-0.2, 0) is 0 Å². The summed E-state index contributed by atoms with van der Waals surface area (Å²) in [5.41, 5.74) is 9.20. The van der Waals surface area contributed by atoms with E-state index in [4.69, 9.17) is 10.2 Å². The summed E-state index contributed by atoms with van der Waals surface area (Å²) in [5, 5.41) is 11.5. The van der Waals surface area contributed by atoms with Crippen LogP contribution in [-0.4, -0.2) is 56.6 Å². The fourth-order valence-corrected chi connectivity index (χ4v) is 3.79. The predicted octanol–water partition coefficient (Wildman–Crippen LogP) is 3.37. The smallest absolute Gasteiger partial charge is 0.270 e. The van der Waals surface area contributed by atoms with Crippen molar-refractivity contribution in [2.24, 2.45) is 0 Å². The number of amides is 1. The molecule has 0 radical (unpaired) electrons. The second kappa shape index (κ2) is 8.79. The second-order valence-electron chi connectivity index (χ2n) is 7.95. The van der Waals surface area contributed by atoms with Crippen molar-refractivity contribution in [1.29, 1.82) is 0 Å². The van der Waals surface area contributed by atoms with E-state index in [9.17, 15) is 4.79 Å². The van der Waals surface area contributed by atoms with E-state index in [2.05, 4.69) is 32.4 Å². The van der Waals surface area contributed by atoms with E-state index in [0.29, 0.717) is 35.9 Å². The number of nitrogens with zero attached hydrogens (tertiary/aromatic N) is 5. The van der Waals surface area contributed by atoms with Gasteiger partial charge in [-0.05, 0) is 31.2 Å². The first kappa shape index (κ1) is 20.8. The molecule has 5 rings (SSSR count). The van der Waals surface area contributed by atoms with Crippen LogP contribution < -0.4 is 11.1 Å². The number of hydrogen-bond acceptors (Lipinski definition) is 8. The van der Waals surface area contributed by atoms with E-state index in [1.807, 2.05) is 59.5 Å². The zero-order valence-corrected chi connectivity index (χ0v) is 18.1. The average Bonchev–Trinajstić information content (AvgIpc) is 3.35. The summed E-state index contributed by atoms with van der Waals surface area (Å²) >= 11 is 0. The topological polar surface area (TPSA) is 123 Å². The van der Waals surface area contributed by atoms with Crippen molar-refractivity contribution in [2.45, 2.75) is 13.0 Å². The molecule has 9 nitrogen and oxygen atoms in total. The van der Waals surface area contributed by atoms with Crippen LogP contribution >= 0.6 is 0 Å². The Morgan fingerprint density at radius 1 is 1.09 bits per heavy atom. The highest BCUT2D eigenvalue weighted by Crippen LogP contribution is 2.28. The summed E-state index contributed by atoms with van der Waals surface area (Å²) < 4.78 is 5.79. The van der Waals surface area contributed by atoms with Crippen LogP contribution in [0.15, 0.2) is 65.2 Å². The zero-order chi connectivity index (χ0) is 22.8. The summed E-state index contributed by atoms with van der Waals surface area (Å²) in [7, 11) is 0. The molecule has 0 bridgehead atoms. The van der Waals surface area contributed by atoms with Gasteiger partial charge in [0, 0.05) is 45.2 Å². The molecule has 9 heteroatoms. The molecule has 1 atom stereocenters. The standard InChI is InChI=1S/C24H23N7O2.2H2/c1-15-14-31(12-11-26-15)24(32)18-9-7-16(8-10-18)19-13-27-21(25)20(28-19)23-30-29-22(33-23)17-5-3-2-4-6-17;;/h2-10,13,15,26H,11-12,14H2,1H3,(H2,25,27);2*1H. The fraction of sp³-hybridized carbons (Fsp3) is 0.208. The number of nitrogens with two attached hydrogens (primary N) is 1. The predicted molar refractivity (Wildman–Crippen MR) is 128 cm³/mol. The molecule has 33 heavy (non-hydrogen) atoms. The summed E-state index contributed by atoms with van der Waals surface area (Å²) in [4.78, 5) is 23.6. The quantitative estimate of drug-likeness (QED) is 0.490. The van der Waals surface area contributed by atoms with Crippen LogP contribution in [0.25, 0.3) is 34.3 Å². The molecule has 0 saturated carbocycles. The molecule has 3 heterocycles. The van der Waals surface area contributed by atoms with Crippen LogP contribution in [0.3, 0.4) is 0 Å². The number of aromatic nitrogens is 4. The third-order valence-corrected chi connectivity index (χ3v) is 5.53. The lowest BCUT2D eigenvalue weighted by Crippen LogP contribution is -2.51. The molecule has 0 spiro atoms. The average molecular weight is 446 g/mol. The molecule has 4 aromatic rings. The Balaban J connectivity index is 0.00000171. The van der Waals surface area contributed by atoms with Gasteiger partial charge in [0.1, 0.15) is 0 Å². The molecular weight excluding hydrogens is 418 g/mol. The van der Waals surface area contributed by atoms with Gasteiger partial charge in [-0.15, -0.1) is 10.2 Å². The summed E-state index contributed by atoms with van der Waals surface area (Å²) in [6.45, 7) is 4.28. The SMILES string of the molecule is CC1CN(C(=O)c2ccc(-c3cnc(N)c(-c4nnc(-c5ccccc5)o4)n3)cc2)CCN1.[HH].[HH]. The maximum absolute atomic E-state index is 12.8. The lowest BCUT2D eigenvalue weighted by Gasteiger charge is -2.32. The van der Waals surface area contributed by atoms with E-state index >= 15 is 0 Å². The number of nitrogen functional groups attached to an aromatic ring is 1. The highest BCUT2D eigenvalue weighted by Gasteiger charge is 2.22. The van der Waals surface area contributed by atoms with Crippen LogP contribution in [0.4, 0.5) is 5.82 Å². The number of carbonyl (C=O) groups is 1. The van der Waals surface area contributed by atoms with Crippen molar-refractivity contribution in [1.82, 2.24) is 30.4 Å². The van der Waals surface area contributed by atoms with Crippen molar-refractivity contribution < 1.29 is 12.1 Å². The van der Waals surface area contributed by atoms with Crippen molar-refractivity contribution in [3.8, 4) is 34.3 Å². The number of nitrogens with one attached hydrogen (secondary N) is 1. The van der Waals surface area contributed by atoms with Crippen LogP contribution in [0, 0.1) is 0 Å². The minimum absolute atomic E-state index is 0. The molecule has 0 aliphatic carbocycles. The molecule has 1 unspecified atom stereocenters. The van der Waals surface area contributed by atoms with Crippen LogP contribution in [0.1, 0.15) is 20.1 Å². The molecule has 3 N–H and O–H groups in total. The van der Waals surface area contributed by atoms with Crippen LogP contribution in [0.5, 0.6) is 0 Å². The van der Waals surface area contributed by atoms with Gasteiger partial charge in [-0.25, -0.2) is 9.97 Å². The summed E-state index contributed by atoms with van der Waals surface area (Å²) in [6, 6.07) is 17.1. The minimum Gasteiger partial charge on any atom is -0.414 e. The third kappa shape index (κ3) is 4.31. The molecule has 1 fully saturated rings. The van der Waals surface area contributed by atoms with Gasteiger partial charge in [0.05, 0.1) is 11.9 Å². The highest BCUT2D eigenvalue weighted by molar-refractivity contribution is 5.94. The minimum atomic E-state index is 0. The Kier molecular flexibility index (Phi) is 5.54. The second-order valence-corrected chi connectivity index (χ2v) is 7.95. The third-order valence-electron chi connectivity index (χ3n) is 5.53. The van der Waals surface area contributed by atoms with Crippen molar-refractivity contribution in [2.75, 3.05) is 25.4 Å². The molecule has 1 amide bonds. The van der Waals surface area contributed by atoms with Crippen LogP contribution in [0.2, 0.25) is 0 Å². The van der Waals surface area contributed by atoms with E-state index in [0.717, 1.165) is 17.7 Å². The summed E-state index contributed by atoms with van der Waals surface area (Å²) in [5.74, 6) is 0.794. The van der Waals surface area contributed by atoms with E-state index < -0.39 is 0 Å². The van der Waals surface area contributed by atoms with Gasteiger partial charge in [0.25, 0.3) is 11.8 Å². The Morgan fingerprint density at radius 3 is 2.61 bits per heavy atom. The largest absolute Gasteiger partial charge is 0.414 e. The first-order chi connectivity index (χ1) is 16.1. The monoisotopic (exact) mass is 445 g/mol.